The molecule has 4 nitrogen and oxygen atoms in total. The van der Waals surface area contributed by atoms with Crippen molar-refractivity contribution in [3.63, 3.8) is 0 Å². The zero-order valence-electron chi connectivity index (χ0n) is 12.7. The highest BCUT2D eigenvalue weighted by Crippen LogP contribution is 2.31. The van der Waals surface area contributed by atoms with Crippen LogP contribution in [-0.4, -0.2) is 16.6 Å². The van der Waals surface area contributed by atoms with Gasteiger partial charge in [-0.05, 0) is 6.92 Å². The molecule has 4 heteroatoms. The van der Waals surface area contributed by atoms with Gasteiger partial charge in [0.05, 0.1) is 12.3 Å². The number of ether oxygens (including phenoxy) is 1. The lowest BCUT2D eigenvalue weighted by Crippen LogP contribution is -2.03. The van der Waals surface area contributed by atoms with Crippen molar-refractivity contribution in [3.8, 4) is 34.5 Å². The zero-order valence-corrected chi connectivity index (χ0v) is 12.7. The Bertz CT molecular complexity index is 840. The first-order chi connectivity index (χ1) is 11.3. The van der Waals surface area contributed by atoms with Crippen molar-refractivity contribution in [1.82, 2.24) is 9.97 Å². The Labute approximate surface area is 135 Å². The van der Waals surface area contributed by atoms with E-state index in [1.165, 1.54) is 0 Å². The first-order valence-corrected chi connectivity index (χ1v) is 7.39. The third-order valence-corrected chi connectivity index (χ3v) is 3.35. The summed E-state index contributed by atoms with van der Waals surface area (Å²) in [7, 11) is 0. The van der Waals surface area contributed by atoms with E-state index >= 15 is 0 Å². The Balaban J connectivity index is 2.26. The highest BCUT2D eigenvalue weighted by atomic mass is 16.5. The van der Waals surface area contributed by atoms with Gasteiger partial charge in [0.1, 0.15) is 11.8 Å². The van der Waals surface area contributed by atoms with Crippen molar-refractivity contribution >= 4 is 0 Å². The minimum absolute atomic E-state index is 0.199. The van der Waals surface area contributed by atoms with E-state index in [1.54, 1.807) is 0 Å². The Morgan fingerprint density at radius 1 is 0.870 bits per heavy atom. The summed E-state index contributed by atoms with van der Waals surface area (Å²) in [5.74, 6) is 0.272. The SMILES string of the molecule is CCOc1nc(-c2ccccc2)c(-c2ccccc2)nc1C#N. The van der Waals surface area contributed by atoms with Crippen molar-refractivity contribution in [1.29, 1.82) is 5.26 Å². The summed E-state index contributed by atoms with van der Waals surface area (Å²) >= 11 is 0. The average molecular weight is 301 g/mol. The molecule has 1 heterocycles. The van der Waals surface area contributed by atoms with Crippen molar-refractivity contribution < 1.29 is 4.74 Å². The van der Waals surface area contributed by atoms with E-state index in [0.717, 1.165) is 11.1 Å². The molecule has 0 fully saturated rings. The minimum Gasteiger partial charge on any atom is -0.476 e. The Kier molecular flexibility index (Phi) is 4.30. The second kappa shape index (κ2) is 6.71. The van der Waals surface area contributed by atoms with Gasteiger partial charge < -0.3 is 4.74 Å². The number of aromatic nitrogens is 2. The van der Waals surface area contributed by atoms with Crippen LogP contribution in [0.2, 0.25) is 0 Å². The van der Waals surface area contributed by atoms with Crippen LogP contribution in [0.4, 0.5) is 0 Å². The molecule has 0 bridgehead atoms. The van der Waals surface area contributed by atoms with Gasteiger partial charge in [-0.2, -0.15) is 5.26 Å². The second-order valence-electron chi connectivity index (χ2n) is 4.85. The molecule has 3 aromatic rings. The Morgan fingerprint density at radius 3 is 1.87 bits per heavy atom. The van der Waals surface area contributed by atoms with Crippen LogP contribution in [0, 0.1) is 11.3 Å². The van der Waals surface area contributed by atoms with Crippen molar-refractivity contribution in [3.05, 3.63) is 66.4 Å². The minimum atomic E-state index is 0.199. The molecule has 0 amide bonds. The smallest absolute Gasteiger partial charge is 0.251 e. The maximum atomic E-state index is 9.35. The number of nitriles is 1. The first kappa shape index (κ1) is 14.7. The van der Waals surface area contributed by atoms with Gasteiger partial charge >= 0.3 is 0 Å². The van der Waals surface area contributed by atoms with E-state index in [1.807, 2.05) is 67.6 Å². The van der Waals surface area contributed by atoms with Crippen molar-refractivity contribution in [2.24, 2.45) is 0 Å². The zero-order chi connectivity index (χ0) is 16.1. The molecule has 0 aliphatic heterocycles. The lowest BCUT2D eigenvalue weighted by molar-refractivity contribution is 0.324. The summed E-state index contributed by atoms with van der Waals surface area (Å²) in [4.78, 5) is 9.08. The lowest BCUT2D eigenvalue weighted by atomic mass is 10.0. The van der Waals surface area contributed by atoms with Crippen LogP contribution in [0.15, 0.2) is 60.7 Å². The summed E-state index contributed by atoms with van der Waals surface area (Å²) in [6, 6.07) is 21.6. The highest BCUT2D eigenvalue weighted by Gasteiger charge is 2.17. The summed E-state index contributed by atoms with van der Waals surface area (Å²) < 4.78 is 5.48. The quantitative estimate of drug-likeness (QED) is 0.728. The van der Waals surface area contributed by atoms with Gasteiger partial charge in [-0.1, -0.05) is 60.7 Å². The molecular formula is C19H15N3O. The fourth-order valence-corrected chi connectivity index (χ4v) is 2.32. The summed E-state index contributed by atoms with van der Waals surface area (Å²) in [5, 5.41) is 9.35. The van der Waals surface area contributed by atoms with Crippen LogP contribution in [-0.2, 0) is 0 Å². The fourth-order valence-electron chi connectivity index (χ4n) is 2.32. The van der Waals surface area contributed by atoms with E-state index < -0.39 is 0 Å². The van der Waals surface area contributed by atoms with Crippen LogP contribution < -0.4 is 4.74 Å². The monoisotopic (exact) mass is 301 g/mol. The largest absolute Gasteiger partial charge is 0.476 e. The molecular weight excluding hydrogens is 286 g/mol. The fraction of sp³-hybridized carbons (Fsp3) is 0.105. The van der Waals surface area contributed by atoms with Gasteiger partial charge in [0, 0.05) is 11.1 Å². The Morgan fingerprint density at radius 2 is 1.39 bits per heavy atom. The predicted molar refractivity (Wildman–Crippen MR) is 88.8 cm³/mol. The molecule has 0 saturated carbocycles. The van der Waals surface area contributed by atoms with E-state index in [2.05, 4.69) is 16.0 Å². The summed E-state index contributed by atoms with van der Waals surface area (Å²) in [6.45, 7) is 2.29. The molecule has 0 unspecified atom stereocenters. The normalized spacial score (nSPS) is 10.1. The molecule has 2 aromatic carbocycles. The third kappa shape index (κ3) is 3.04. The van der Waals surface area contributed by atoms with E-state index in [0.29, 0.717) is 18.0 Å². The predicted octanol–water partition coefficient (Wildman–Crippen LogP) is 4.08. The van der Waals surface area contributed by atoms with Gasteiger partial charge in [0.15, 0.2) is 0 Å². The third-order valence-electron chi connectivity index (χ3n) is 3.35. The van der Waals surface area contributed by atoms with Gasteiger partial charge in [0.2, 0.25) is 5.69 Å². The molecule has 0 spiro atoms. The summed E-state index contributed by atoms with van der Waals surface area (Å²) in [6.07, 6.45) is 0. The standard InChI is InChI=1S/C19H15N3O/c1-2-23-19-16(13-20)21-17(14-9-5-3-6-10-14)18(22-19)15-11-7-4-8-12-15/h3-12H,2H2,1H3. The van der Waals surface area contributed by atoms with E-state index in [9.17, 15) is 5.26 Å². The van der Waals surface area contributed by atoms with Gasteiger partial charge in [0.25, 0.3) is 5.88 Å². The van der Waals surface area contributed by atoms with E-state index in [-0.39, 0.29) is 11.6 Å². The Hall–Kier alpha value is -3.19. The maximum absolute atomic E-state index is 9.35. The first-order valence-electron chi connectivity index (χ1n) is 7.39. The average Bonchev–Trinajstić information content (AvgIpc) is 2.63. The highest BCUT2D eigenvalue weighted by molar-refractivity contribution is 5.78. The number of benzene rings is 2. The number of hydrogen-bond acceptors (Lipinski definition) is 4. The lowest BCUT2D eigenvalue weighted by Gasteiger charge is -2.12. The molecule has 1 aromatic heterocycles. The molecule has 0 saturated heterocycles. The van der Waals surface area contributed by atoms with Crippen LogP contribution in [0.5, 0.6) is 5.88 Å². The molecule has 0 radical (unpaired) electrons. The van der Waals surface area contributed by atoms with Crippen LogP contribution in [0.3, 0.4) is 0 Å². The second-order valence-corrected chi connectivity index (χ2v) is 4.85. The summed E-state index contributed by atoms with van der Waals surface area (Å²) in [5.41, 5.74) is 3.43. The molecule has 0 N–H and O–H groups in total. The van der Waals surface area contributed by atoms with E-state index in [4.69, 9.17) is 4.74 Å². The number of rotatable bonds is 4. The van der Waals surface area contributed by atoms with Gasteiger partial charge in [-0.25, -0.2) is 9.97 Å². The maximum Gasteiger partial charge on any atom is 0.251 e. The number of hydrogen-bond donors (Lipinski definition) is 0. The molecule has 0 aliphatic rings. The topological polar surface area (TPSA) is 58.8 Å². The van der Waals surface area contributed by atoms with Crippen LogP contribution >= 0.6 is 0 Å². The van der Waals surface area contributed by atoms with Crippen molar-refractivity contribution in [2.45, 2.75) is 6.92 Å². The molecule has 3 rings (SSSR count). The van der Waals surface area contributed by atoms with Gasteiger partial charge in [-0.3, -0.25) is 0 Å². The molecule has 0 atom stereocenters. The van der Waals surface area contributed by atoms with Crippen LogP contribution in [0.25, 0.3) is 22.5 Å². The van der Waals surface area contributed by atoms with Gasteiger partial charge in [-0.15, -0.1) is 0 Å². The molecule has 0 aliphatic carbocycles. The van der Waals surface area contributed by atoms with Crippen molar-refractivity contribution in [2.75, 3.05) is 6.61 Å². The molecule has 112 valence electrons. The molecule has 23 heavy (non-hydrogen) atoms. The number of nitrogens with zero attached hydrogens (tertiary/aromatic N) is 3. The van der Waals surface area contributed by atoms with Crippen LogP contribution in [0.1, 0.15) is 12.6 Å².